The Hall–Kier alpha value is -0.130. The predicted molar refractivity (Wildman–Crippen MR) is 32.5 cm³/mol. The molecule has 1 radical (unpaired) electrons. The fourth-order valence-electron chi connectivity index (χ4n) is 0.375. The molecule has 0 unspecified atom stereocenters. The number of hydrogen-bond donors (Lipinski definition) is 1. The molecule has 0 aromatic carbocycles. The van der Waals surface area contributed by atoms with Crippen LogP contribution in [-0.4, -0.2) is 14.0 Å². The lowest BCUT2D eigenvalue weighted by Crippen LogP contribution is -2.39. The van der Waals surface area contributed by atoms with Gasteiger partial charge in [0.15, 0.2) is 0 Å². The maximum absolute atomic E-state index is 9.98. The maximum Gasteiger partial charge on any atom is 0.363 e. The van der Waals surface area contributed by atoms with Crippen LogP contribution in [0, 0.1) is 0 Å². The molecule has 0 aromatic rings. The van der Waals surface area contributed by atoms with Crippen molar-refractivity contribution < 1.29 is 13.0 Å². The van der Waals surface area contributed by atoms with Gasteiger partial charge in [0.25, 0.3) is 0 Å². The molecule has 0 saturated heterocycles. The van der Waals surface area contributed by atoms with Crippen molar-refractivity contribution >= 4 is 10.3 Å². The van der Waals surface area contributed by atoms with Crippen LogP contribution in [0.2, 0.25) is 0 Å². The van der Waals surface area contributed by atoms with E-state index in [4.69, 9.17) is 0 Å². The Morgan fingerprint density at radius 2 is 1.56 bits per heavy atom. The van der Waals surface area contributed by atoms with Crippen LogP contribution in [0.3, 0.4) is 0 Å². The Labute approximate surface area is 55.1 Å². The maximum atomic E-state index is 9.98. The number of hydrogen-bond acceptors (Lipinski definition) is 2. The van der Waals surface area contributed by atoms with Gasteiger partial charge in [0, 0.05) is 5.54 Å². The minimum absolute atomic E-state index is 0.666. The monoisotopic (exact) mass is 152 g/mol. The first-order valence-corrected chi connectivity index (χ1v) is 3.86. The minimum Gasteiger partial charge on any atom is -0.185 e. The van der Waals surface area contributed by atoms with Crippen molar-refractivity contribution in [2.75, 3.05) is 0 Å². The van der Waals surface area contributed by atoms with Crippen molar-refractivity contribution in [3.05, 3.63) is 0 Å². The zero-order valence-corrected chi connectivity index (χ0v) is 6.45. The van der Waals surface area contributed by atoms with Crippen molar-refractivity contribution in [2.45, 2.75) is 26.3 Å². The molecule has 0 rings (SSSR count). The van der Waals surface area contributed by atoms with Crippen LogP contribution >= 0.6 is 0 Å². The zero-order chi connectivity index (χ0) is 7.71. The average Bonchev–Trinajstić information content (AvgIpc) is 1.14. The first-order valence-electron chi connectivity index (χ1n) is 2.45. The summed E-state index contributed by atoms with van der Waals surface area (Å²) in [7, 11) is -4.28. The highest BCUT2D eigenvalue weighted by molar-refractivity contribution is 7.83. The van der Waals surface area contributed by atoms with Crippen molar-refractivity contribution in [2.24, 2.45) is 0 Å². The highest BCUT2D eigenvalue weighted by Gasteiger charge is 2.17. The molecule has 0 aliphatic carbocycles. The second kappa shape index (κ2) is 2.24. The van der Waals surface area contributed by atoms with E-state index in [2.05, 4.69) is 0 Å². The van der Waals surface area contributed by atoms with E-state index in [0.29, 0.717) is 0 Å². The summed E-state index contributed by atoms with van der Waals surface area (Å²) in [6, 6.07) is 0. The van der Waals surface area contributed by atoms with Crippen LogP contribution in [0.15, 0.2) is 0 Å². The molecule has 0 bridgehead atoms. The minimum atomic E-state index is -4.28. The molecule has 1 N–H and O–H groups in total. The van der Waals surface area contributed by atoms with Crippen LogP contribution in [0.4, 0.5) is 0 Å². The lowest BCUT2D eigenvalue weighted by Gasteiger charge is -2.15. The van der Waals surface area contributed by atoms with Gasteiger partial charge in [-0.3, -0.25) is 0 Å². The fourth-order valence-corrected chi connectivity index (χ4v) is 1.12. The summed E-state index contributed by atoms with van der Waals surface area (Å²) in [6.07, 6.45) is 0. The molecule has 0 amide bonds. The summed E-state index contributed by atoms with van der Waals surface area (Å²) >= 11 is 0. The SMILES string of the molecule is CC(C)(C)NS([O])(=O)=O. The number of rotatable bonds is 1. The molecule has 55 valence electrons. The topological polar surface area (TPSA) is 66.1 Å². The normalized spacial score (nSPS) is 13.8. The molecule has 0 aromatic heterocycles. The van der Waals surface area contributed by atoms with Gasteiger partial charge in [-0.05, 0) is 20.8 Å². The second-order valence-corrected chi connectivity index (χ2v) is 3.92. The van der Waals surface area contributed by atoms with E-state index in [0.717, 1.165) is 0 Å². The smallest absolute Gasteiger partial charge is 0.185 e. The van der Waals surface area contributed by atoms with Gasteiger partial charge in [-0.2, -0.15) is 13.1 Å². The zero-order valence-electron chi connectivity index (χ0n) is 5.63. The quantitative estimate of drug-likeness (QED) is 0.577. The molecule has 0 aliphatic heterocycles. The molecular formula is C4H10NO3S. The Morgan fingerprint density at radius 3 is 1.56 bits per heavy atom. The molecule has 0 fully saturated rings. The molecule has 4 nitrogen and oxygen atoms in total. The Morgan fingerprint density at radius 1 is 1.22 bits per heavy atom. The third-order valence-electron chi connectivity index (χ3n) is 0.431. The third-order valence-corrected chi connectivity index (χ3v) is 1.29. The summed E-state index contributed by atoms with van der Waals surface area (Å²) in [4.78, 5) is 0. The first-order chi connectivity index (χ1) is 3.71. The Kier molecular flexibility index (Phi) is 2.21. The van der Waals surface area contributed by atoms with E-state index in [1.165, 1.54) is 0 Å². The second-order valence-electron chi connectivity index (χ2n) is 2.81. The predicted octanol–water partition coefficient (Wildman–Crippen LogP) is 0.0498. The van der Waals surface area contributed by atoms with Crippen molar-refractivity contribution in [1.29, 1.82) is 0 Å². The number of nitrogens with one attached hydrogen (secondary N) is 1. The van der Waals surface area contributed by atoms with Crippen LogP contribution in [0.1, 0.15) is 20.8 Å². The summed E-state index contributed by atoms with van der Waals surface area (Å²) in [5.74, 6) is 0. The van der Waals surface area contributed by atoms with Gasteiger partial charge >= 0.3 is 10.3 Å². The molecule has 9 heavy (non-hydrogen) atoms. The molecule has 0 heterocycles. The van der Waals surface area contributed by atoms with Gasteiger partial charge in [-0.25, -0.2) is 0 Å². The van der Waals surface area contributed by atoms with Gasteiger partial charge in [0.05, 0.1) is 0 Å². The lowest BCUT2D eigenvalue weighted by molar-refractivity contribution is 0.375. The van der Waals surface area contributed by atoms with Crippen LogP contribution in [0.25, 0.3) is 0 Å². The largest absolute Gasteiger partial charge is 0.363 e. The highest BCUT2D eigenvalue weighted by Crippen LogP contribution is 1.99. The summed E-state index contributed by atoms with van der Waals surface area (Å²) < 4.78 is 31.8. The fraction of sp³-hybridized carbons (Fsp3) is 1.00. The third kappa shape index (κ3) is 7.87. The molecule has 0 atom stereocenters. The van der Waals surface area contributed by atoms with Crippen molar-refractivity contribution in [3.63, 3.8) is 0 Å². The van der Waals surface area contributed by atoms with Gasteiger partial charge in [0.1, 0.15) is 0 Å². The molecule has 0 spiro atoms. The molecular weight excluding hydrogens is 142 g/mol. The van der Waals surface area contributed by atoms with E-state index >= 15 is 0 Å². The van der Waals surface area contributed by atoms with Crippen LogP contribution < -0.4 is 4.72 Å². The average molecular weight is 152 g/mol. The van der Waals surface area contributed by atoms with Gasteiger partial charge in [0.2, 0.25) is 0 Å². The molecule has 0 saturated carbocycles. The summed E-state index contributed by atoms with van der Waals surface area (Å²) in [5, 5.41) is 0. The highest BCUT2D eigenvalue weighted by atomic mass is 32.2. The molecule has 0 aliphatic rings. The van der Waals surface area contributed by atoms with E-state index in [1.807, 2.05) is 4.72 Å². The Bertz CT molecular complexity index is 176. The van der Waals surface area contributed by atoms with E-state index < -0.39 is 15.8 Å². The van der Waals surface area contributed by atoms with Gasteiger partial charge < -0.3 is 0 Å². The Balaban J connectivity index is 4.07. The van der Waals surface area contributed by atoms with E-state index in [1.54, 1.807) is 20.8 Å². The van der Waals surface area contributed by atoms with Crippen LogP contribution in [-0.2, 0) is 14.9 Å². The van der Waals surface area contributed by atoms with E-state index in [9.17, 15) is 13.0 Å². The molecule has 5 heteroatoms. The van der Waals surface area contributed by atoms with Crippen molar-refractivity contribution in [1.82, 2.24) is 4.72 Å². The summed E-state index contributed by atoms with van der Waals surface area (Å²) in [6.45, 7) is 4.80. The van der Waals surface area contributed by atoms with E-state index in [-0.39, 0.29) is 0 Å². The lowest BCUT2D eigenvalue weighted by atomic mass is 10.1. The van der Waals surface area contributed by atoms with Crippen LogP contribution in [0.5, 0.6) is 0 Å². The first kappa shape index (κ1) is 8.87. The van der Waals surface area contributed by atoms with Gasteiger partial charge in [-0.1, -0.05) is 4.55 Å². The van der Waals surface area contributed by atoms with Crippen molar-refractivity contribution in [3.8, 4) is 0 Å². The standard InChI is InChI=1S/C4H10NO3S/c1-4(2,3)5-9(6,7)8/h5H,1-3H3. The summed E-state index contributed by atoms with van der Waals surface area (Å²) in [5.41, 5.74) is -0.666. The van der Waals surface area contributed by atoms with Gasteiger partial charge in [-0.15, -0.1) is 0 Å².